The molecule has 2 aromatic rings. The highest BCUT2D eigenvalue weighted by molar-refractivity contribution is 7.11. The number of alkyl halides is 3. The normalized spacial score (nSPS) is 14.2. The van der Waals surface area contributed by atoms with Crippen molar-refractivity contribution in [3.05, 3.63) is 38.2 Å². The predicted molar refractivity (Wildman–Crippen MR) is 137 cm³/mol. The van der Waals surface area contributed by atoms with E-state index >= 15 is 0 Å². The van der Waals surface area contributed by atoms with E-state index in [1.165, 1.54) is 38.6 Å². The Morgan fingerprint density at radius 2 is 1.68 bits per heavy atom. The summed E-state index contributed by atoms with van der Waals surface area (Å²) >= 11 is 2.22. The molecule has 13 nitrogen and oxygen atoms in total. The van der Waals surface area contributed by atoms with E-state index in [-0.39, 0.29) is 11.4 Å². The highest BCUT2D eigenvalue weighted by Gasteiger charge is 2.38. The molecule has 3 atom stereocenters. The maximum Gasteiger partial charge on any atom is 0.490 e. The number of carbonyl (C=O) groups is 4. The zero-order valence-corrected chi connectivity index (χ0v) is 23.4. The van der Waals surface area contributed by atoms with Crippen molar-refractivity contribution in [2.24, 2.45) is 5.73 Å². The maximum absolute atomic E-state index is 12.9. The molecular weight excluding hydrogens is 583 g/mol. The number of esters is 1. The van der Waals surface area contributed by atoms with E-state index in [9.17, 15) is 37.8 Å². The van der Waals surface area contributed by atoms with Crippen LogP contribution in [0.5, 0.6) is 0 Å². The Hall–Kier alpha value is -3.45. The third-order valence-electron chi connectivity index (χ3n) is 4.72. The minimum Gasteiger partial charge on any atom is -0.475 e. The van der Waals surface area contributed by atoms with Crippen LogP contribution in [0, 0.1) is 0 Å². The Balaban J connectivity index is 0.00000101. The average molecular weight is 612 g/mol. The van der Waals surface area contributed by atoms with Crippen LogP contribution in [0.15, 0.2) is 16.8 Å². The van der Waals surface area contributed by atoms with Crippen LogP contribution >= 0.6 is 22.7 Å². The Kier molecular flexibility index (Phi) is 12.3. The van der Waals surface area contributed by atoms with Gasteiger partial charge in [0.15, 0.2) is 5.69 Å². The number of nitrogens with zero attached hydrogens (tertiary/aromatic N) is 2. The summed E-state index contributed by atoms with van der Waals surface area (Å²) in [4.78, 5) is 54.0. The number of aromatic nitrogens is 2. The molecule has 0 aliphatic heterocycles. The number of aliphatic carboxylic acids is 1. The van der Waals surface area contributed by atoms with Crippen molar-refractivity contribution in [2.75, 3.05) is 7.11 Å². The number of amides is 2. The molecule has 2 heterocycles. The smallest absolute Gasteiger partial charge is 0.475 e. The van der Waals surface area contributed by atoms with Crippen molar-refractivity contribution in [2.45, 2.75) is 57.7 Å². The van der Waals surface area contributed by atoms with E-state index in [0.717, 1.165) is 22.7 Å². The van der Waals surface area contributed by atoms with Crippen LogP contribution in [0.3, 0.4) is 0 Å². The SMILES string of the molecule is C/C=C(\NC(=O)[C@@H](N)[C@@H](C)O)c1nc(C(=O)N[C@H](c2nc(C(=O)OC)cs2)C(C)(C)O)cs1.O=C(O)C(F)(F)F. The van der Waals surface area contributed by atoms with Gasteiger partial charge in [-0.15, -0.1) is 22.7 Å². The molecule has 2 rings (SSSR count). The first kappa shape index (κ1) is 34.6. The van der Waals surface area contributed by atoms with E-state index in [1.54, 1.807) is 13.0 Å². The number of thiazole rings is 2. The summed E-state index contributed by atoms with van der Waals surface area (Å²) in [6, 6.07) is -2.05. The van der Waals surface area contributed by atoms with Crippen molar-refractivity contribution >= 4 is 52.1 Å². The predicted octanol–water partition coefficient (Wildman–Crippen LogP) is 1.45. The third-order valence-corrected chi connectivity index (χ3v) is 6.51. The molecule has 0 unspecified atom stereocenters. The van der Waals surface area contributed by atoms with Crippen LogP contribution < -0.4 is 16.4 Å². The number of nitrogens with one attached hydrogen (secondary N) is 2. The second-order valence-electron chi connectivity index (χ2n) is 8.42. The molecule has 7 N–H and O–H groups in total. The summed E-state index contributed by atoms with van der Waals surface area (Å²) in [5.41, 5.74) is 4.71. The number of hydrogen-bond donors (Lipinski definition) is 6. The number of aliphatic hydroxyl groups is 2. The highest BCUT2D eigenvalue weighted by atomic mass is 32.1. The molecule has 0 saturated heterocycles. The molecule has 0 fully saturated rings. The molecule has 18 heteroatoms. The summed E-state index contributed by atoms with van der Waals surface area (Å²) in [5, 5.41) is 36.1. The van der Waals surface area contributed by atoms with Crippen molar-refractivity contribution in [1.82, 2.24) is 20.6 Å². The van der Waals surface area contributed by atoms with Gasteiger partial charge in [-0.1, -0.05) is 6.08 Å². The molecule has 0 spiro atoms. The van der Waals surface area contributed by atoms with Gasteiger partial charge in [-0.3, -0.25) is 9.59 Å². The number of nitrogens with two attached hydrogens (primary N) is 1. The Bertz CT molecular complexity index is 1240. The molecule has 40 heavy (non-hydrogen) atoms. The second kappa shape index (κ2) is 14.3. The van der Waals surface area contributed by atoms with E-state index in [2.05, 4.69) is 25.3 Å². The van der Waals surface area contributed by atoms with Gasteiger partial charge in [0, 0.05) is 10.8 Å². The number of allylic oxidation sites excluding steroid dienone is 1. The Morgan fingerprint density at radius 3 is 2.12 bits per heavy atom. The van der Waals surface area contributed by atoms with Gasteiger partial charge >= 0.3 is 18.1 Å². The summed E-state index contributed by atoms with van der Waals surface area (Å²) in [5.74, 6) is -4.56. The lowest BCUT2D eigenvalue weighted by molar-refractivity contribution is -0.192. The molecule has 0 aromatic carbocycles. The highest BCUT2D eigenvalue weighted by Crippen LogP contribution is 2.29. The van der Waals surface area contributed by atoms with Gasteiger partial charge in [0.05, 0.1) is 24.5 Å². The quantitative estimate of drug-likeness (QED) is 0.223. The number of aliphatic hydroxyl groups excluding tert-OH is 1. The molecule has 0 aliphatic rings. The summed E-state index contributed by atoms with van der Waals surface area (Å²) < 4.78 is 36.4. The molecule has 0 bridgehead atoms. The zero-order chi connectivity index (χ0) is 31.0. The number of hydrogen-bond acceptors (Lipinski definition) is 12. The van der Waals surface area contributed by atoms with Crippen molar-refractivity contribution in [3.8, 4) is 0 Å². The maximum atomic E-state index is 12.9. The molecule has 2 aromatic heterocycles. The number of carbonyl (C=O) groups excluding carboxylic acids is 3. The number of rotatable bonds is 9. The van der Waals surface area contributed by atoms with Gasteiger partial charge in [0.25, 0.3) is 5.91 Å². The van der Waals surface area contributed by atoms with Crippen LogP contribution in [-0.2, 0) is 14.3 Å². The topological polar surface area (TPSA) is 214 Å². The van der Waals surface area contributed by atoms with Crippen LogP contribution in [0.25, 0.3) is 5.70 Å². The molecule has 0 saturated carbocycles. The van der Waals surface area contributed by atoms with Crippen LogP contribution in [-0.4, -0.2) is 80.1 Å². The fourth-order valence-corrected chi connectivity index (χ4v) is 4.40. The fraction of sp³-hybridized carbons (Fsp3) is 0.455. The molecule has 222 valence electrons. The number of carboxylic acids is 1. The van der Waals surface area contributed by atoms with Gasteiger partial charge in [-0.25, -0.2) is 19.6 Å². The summed E-state index contributed by atoms with van der Waals surface area (Å²) in [6.45, 7) is 6.09. The summed E-state index contributed by atoms with van der Waals surface area (Å²) in [6.07, 6.45) is -4.53. The van der Waals surface area contributed by atoms with Crippen molar-refractivity contribution < 1.29 is 52.4 Å². The van der Waals surface area contributed by atoms with Crippen molar-refractivity contribution in [3.63, 3.8) is 0 Å². The lowest BCUT2D eigenvalue weighted by Crippen LogP contribution is -2.46. The molecule has 0 radical (unpaired) electrons. The van der Waals surface area contributed by atoms with Gasteiger partial charge in [-0.2, -0.15) is 13.2 Å². The standard InChI is InChI=1S/C20H27N5O6S2.C2HF3O2/c1-6-10(22-16(28)13(21)9(2)26)17-23-11(7-32-17)15(27)25-14(20(3,4)30)18-24-12(8-33-18)19(29)31-5;3-2(4,5)1(6)7/h6-9,13-14,26,30H,21H2,1-5H3,(H,22,28)(H,25,27);(H,6,7)/b10-6-;/t9-,13+,14-;/m1./s1. The zero-order valence-electron chi connectivity index (χ0n) is 21.8. The first-order chi connectivity index (χ1) is 18.3. The average Bonchev–Trinajstić information content (AvgIpc) is 3.54. The Labute approximate surface area is 233 Å². The second-order valence-corrected chi connectivity index (χ2v) is 10.2. The van der Waals surface area contributed by atoms with Crippen molar-refractivity contribution in [1.29, 1.82) is 0 Å². The van der Waals surface area contributed by atoms with Crippen LogP contribution in [0.2, 0.25) is 0 Å². The Morgan fingerprint density at radius 1 is 1.12 bits per heavy atom. The summed E-state index contributed by atoms with van der Waals surface area (Å²) in [7, 11) is 1.23. The first-order valence-corrected chi connectivity index (χ1v) is 12.8. The monoisotopic (exact) mass is 611 g/mol. The molecule has 0 aliphatic carbocycles. The minimum absolute atomic E-state index is 0.0578. The van der Waals surface area contributed by atoms with Gasteiger partial charge in [-0.05, 0) is 27.7 Å². The fourth-order valence-electron chi connectivity index (χ4n) is 2.55. The van der Waals surface area contributed by atoms with E-state index in [0.29, 0.717) is 15.7 Å². The number of carboxylic acid groups (broad SMARTS) is 1. The molecular formula is C22H28F3N5O8S2. The van der Waals surface area contributed by atoms with E-state index in [1.807, 2.05) is 0 Å². The minimum atomic E-state index is -5.08. The number of ether oxygens (including phenoxy) is 1. The number of halogens is 3. The van der Waals surface area contributed by atoms with E-state index in [4.69, 9.17) is 15.6 Å². The van der Waals surface area contributed by atoms with Gasteiger partial charge in [0.2, 0.25) is 5.91 Å². The van der Waals surface area contributed by atoms with Gasteiger partial charge < -0.3 is 36.4 Å². The van der Waals surface area contributed by atoms with E-state index < -0.39 is 53.7 Å². The lowest BCUT2D eigenvalue weighted by atomic mass is 9.99. The van der Waals surface area contributed by atoms with Crippen LogP contribution in [0.1, 0.15) is 64.7 Å². The third kappa shape index (κ3) is 9.94. The first-order valence-electron chi connectivity index (χ1n) is 11.1. The number of methoxy groups -OCH3 is 1. The largest absolute Gasteiger partial charge is 0.490 e. The van der Waals surface area contributed by atoms with Crippen LogP contribution in [0.4, 0.5) is 13.2 Å². The molecule has 2 amide bonds. The van der Waals surface area contributed by atoms with Gasteiger partial charge in [0.1, 0.15) is 27.8 Å². The lowest BCUT2D eigenvalue weighted by Gasteiger charge is -2.28.